The average Bonchev–Trinajstić information content (AvgIpc) is 3.64. The van der Waals surface area contributed by atoms with Crippen LogP contribution in [0, 0.1) is 46.3 Å². The van der Waals surface area contributed by atoms with Gasteiger partial charge in [0.15, 0.2) is 0 Å². The molecule has 3 saturated carbocycles. The second-order valence-electron chi connectivity index (χ2n) is 20.1. The van der Waals surface area contributed by atoms with Crippen LogP contribution in [0.25, 0.3) is 0 Å². The molecule has 0 saturated heterocycles. The summed E-state index contributed by atoms with van der Waals surface area (Å²) in [5.41, 5.74) is 2.60. The van der Waals surface area contributed by atoms with Crippen LogP contribution in [0.3, 0.4) is 0 Å². The fourth-order valence-corrected chi connectivity index (χ4v) is 17.4. The highest BCUT2D eigenvalue weighted by atomic mass is 31.2. The topological polar surface area (TPSA) is 54.0 Å². The van der Waals surface area contributed by atoms with Gasteiger partial charge in [-0.25, -0.2) is 0 Å². The standard InChI is InChI=1S/C55H78O5P/c1-42(2)17-15-18-43(3)50-28-29-51-49-27-26-44-41-45(30-32-54(44,4)52(49)31-33-55(50,51)5)59-38-36-57-34-35-58-37-39-60-53(56)25-16-40-61(46-19-9-6-10-20-46,47-21-11-7-12-22-47)48-23-13-8-14-24-48/h6-14,19-24,26,42-43,45,49-52H,15-18,25,27-41H2,1-5H3/q+1/t43-,45-,49?,50-,51?,52?,54+,55-/m1/s1. The van der Waals surface area contributed by atoms with Gasteiger partial charge in [0.2, 0.25) is 0 Å². The third-order valence-electron chi connectivity index (χ3n) is 16.2. The number of hydrogen-bond acceptors (Lipinski definition) is 5. The molecule has 8 atom stereocenters. The van der Waals surface area contributed by atoms with E-state index in [1.54, 1.807) is 5.57 Å². The third-order valence-corrected chi connectivity index (χ3v) is 20.7. The molecule has 5 nitrogen and oxygen atoms in total. The van der Waals surface area contributed by atoms with Crippen molar-refractivity contribution in [3.8, 4) is 0 Å². The average molecular weight is 850 g/mol. The van der Waals surface area contributed by atoms with Crippen molar-refractivity contribution in [2.75, 3.05) is 45.8 Å². The van der Waals surface area contributed by atoms with Gasteiger partial charge in [0.25, 0.3) is 0 Å². The van der Waals surface area contributed by atoms with Gasteiger partial charge < -0.3 is 18.9 Å². The van der Waals surface area contributed by atoms with Crippen molar-refractivity contribution in [3.05, 3.63) is 103 Å². The maximum absolute atomic E-state index is 12.8. The highest BCUT2D eigenvalue weighted by Gasteiger charge is 2.59. The van der Waals surface area contributed by atoms with Crippen LogP contribution >= 0.6 is 7.26 Å². The molecule has 0 bridgehead atoms. The lowest BCUT2D eigenvalue weighted by atomic mass is 9.47. The van der Waals surface area contributed by atoms with Gasteiger partial charge in [-0.15, -0.1) is 0 Å². The Morgan fingerprint density at radius 3 is 1.92 bits per heavy atom. The van der Waals surface area contributed by atoms with Crippen LogP contribution in [0.2, 0.25) is 0 Å². The van der Waals surface area contributed by atoms with Crippen LogP contribution in [-0.4, -0.2) is 57.9 Å². The quantitative estimate of drug-likeness (QED) is 0.0436. The van der Waals surface area contributed by atoms with Gasteiger partial charge >= 0.3 is 5.97 Å². The van der Waals surface area contributed by atoms with Crippen LogP contribution in [0.5, 0.6) is 0 Å². The lowest BCUT2D eigenvalue weighted by molar-refractivity contribution is -0.145. The van der Waals surface area contributed by atoms with E-state index in [-0.39, 0.29) is 12.6 Å². The molecule has 0 amide bonds. The van der Waals surface area contributed by atoms with E-state index < -0.39 is 7.26 Å². The SMILES string of the molecule is CC(C)CCC[C@@H](C)[C@H]1CCC2C3CC=C4C[C@H](OCCOCCOCCOC(=O)CCC[P+](c5ccccc5)(c5ccccc5)c5ccccc5)CC[C@]4(C)C3CC[C@@]21C. The molecule has 0 spiro atoms. The highest BCUT2D eigenvalue weighted by Crippen LogP contribution is 2.67. The van der Waals surface area contributed by atoms with E-state index in [1.165, 1.54) is 73.7 Å². The van der Waals surface area contributed by atoms with Crippen LogP contribution < -0.4 is 15.9 Å². The lowest BCUT2D eigenvalue weighted by Gasteiger charge is -2.58. The predicted molar refractivity (Wildman–Crippen MR) is 255 cm³/mol. The van der Waals surface area contributed by atoms with E-state index >= 15 is 0 Å². The van der Waals surface area contributed by atoms with Gasteiger partial charge in [-0.2, -0.15) is 0 Å². The molecule has 3 aromatic rings. The fraction of sp³-hybridized carbons (Fsp3) is 0.618. The van der Waals surface area contributed by atoms with Gasteiger partial charge in [0, 0.05) is 6.42 Å². The second-order valence-corrected chi connectivity index (χ2v) is 23.7. The number of benzene rings is 3. The van der Waals surface area contributed by atoms with E-state index in [1.807, 2.05) is 0 Å². The number of ether oxygens (including phenoxy) is 4. The Morgan fingerprint density at radius 2 is 1.30 bits per heavy atom. The summed E-state index contributed by atoms with van der Waals surface area (Å²) in [7, 11) is -1.96. The minimum Gasteiger partial charge on any atom is -0.463 e. The first-order chi connectivity index (χ1) is 29.6. The molecule has 0 aromatic heterocycles. The molecule has 0 N–H and O–H groups in total. The predicted octanol–water partition coefficient (Wildman–Crippen LogP) is 11.8. The Balaban J connectivity index is 0.771. The van der Waals surface area contributed by atoms with Crippen molar-refractivity contribution >= 4 is 29.1 Å². The monoisotopic (exact) mass is 850 g/mol. The van der Waals surface area contributed by atoms with E-state index in [4.69, 9.17) is 18.9 Å². The molecule has 3 fully saturated rings. The number of allylic oxidation sites excluding steroid dienone is 1. The second kappa shape index (κ2) is 21.7. The summed E-state index contributed by atoms with van der Waals surface area (Å²) in [5, 5.41) is 4.00. The number of rotatable bonds is 22. The normalized spacial score (nSPS) is 27.8. The summed E-state index contributed by atoms with van der Waals surface area (Å²) in [5.74, 6) is 5.08. The first-order valence-electron chi connectivity index (χ1n) is 24.3. The zero-order chi connectivity index (χ0) is 42.7. The Kier molecular flexibility index (Phi) is 16.4. The molecule has 0 heterocycles. The lowest BCUT2D eigenvalue weighted by Crippen LogP contribution is -2.51. The van der Waals surface area contributed by atoms with E-state index in [2.05, 4.69) is 132 Å². The van der Waals surface area contributed by atoms with Crippen molar-refractivity contribution < 1.29 is 23.7 Å². The summed E-state index contributed by atoms with van der Waals surface area (Å²) >= 11 is 0. The minimum absolute atomic E-state index is 0.169. The smallest absolute Gasteiger partial charge is 0.306 e. The first kappa shape index (κ1) is 46.2. The summed E-state index contributed by atoms with van der Waals surface area (Å²) in [6, 6.07) is 32.5. The zero-order valence-electron chi connectivity index (χ0n) is 38.4. The summed E-state index contributed by atoms with van der Waals surface area (Å²) in [6.45, 7) is 15.5. The minimum atomic E-state index is -1.96. The Hall–Kier alpha value is -2.82. The van der Waals surface area contributed by atoms with Crippen LogP contribution in [-0.2, 0) is 23.7 Å². The molecule has 6 heteroatoms. The zero-order valence-corrected chi connectivity index (χ0v) is 39.3. The van der Waals surface area contributed by atoms with Gasteiger partial charge in [-0.1, -0.05) is 120 Å². The number of hydrogen-bond donors (Lipinski definition) is 0. The number of fused-ring (bicyclic) bond motifs is 5. The summed E-state index contributed by atoms with van der Waals surface area (Å²) in [6.07, 6.45) is 19.8. The molecule has 332 valence electrons. The Labute approximate surface area is 370 Å². The molecule has 3 aromatic carbocycles. The van der Waals surface area contributed by atoms with Gasteiger partial charge in [-0.05, 0) is 141 Å². The van der Waals surface area contributed by atoms with Crippen molar-refractivity contribution in [2.24, 2.45) is 46.3 Å². The third kappa shape index (κ3) is 10.8. The number of esters is 1. The molecule has 61 heavy (non-hydrogen) atoms. The van der Waals surface area contributed by atoms with Crippen LogP contribution in [0.4, 0.5) is 0 Å². The molecular weight excluding hydrogens is 772 g/mol. The maximum atomic E-state index is 12.8. The Morgan fingerprint density at radius 1 is 0.689 bits per heavy atom. The fourth-order valence-electron chi connectivity index (χ4n) is 13.0. The van der Waals surface area contributed by atoms with Gasteiger partial charge in [0.1, 0.15) is 29.8 Å². The Bertz CT molecular complexity index is 1720. The van der Waals surface area contributed by atoms with Crippen molar-refractivity contribution in [2.45, 2.75) is 124 Å². The van der Waals surface area contributed by atoms with E-state index in [0.717, 1.165) is 60.9 Å². The highest BCUT2D eigenvalue weighted by molar-refractivity contribution is 7.95. The number of carbonyl (C=O) groups excluding carboxylic acids is 1. The first-order valence-corrected chi connectivity index (χ1v) is 26.3. The van der Waals surface area contributed by atoms with Crippen molar-refractivity contribution in [3.63, 3.8) is 0 Å². The van der Waals surface area contributed by atoms with Gasteiger partial charge in [0.05, 0.1) is 45.3 Å². The maximum Gasteiger partial charge on any atom is 0.306 e. The van der Waals surface area contributed by atoms with Gasteiger partial charge in [-0.3, -0.25) is 4.79 Å². The van der Waals surface area contributed by atoms with E-state index in [9.17, 15) is 4.79 Å². The molecule has 0 radical (unpaired) electrons. The van der Waals surface area contributed by atoms with Crippen molar-refractivity contribution in [1.29, 1.82) is 0 Å². The molecule has 4 aliphatic carbocycles. The molecule has 0 aliphatic heterocycles. The van der Waals surface area contributed by atoms with E-state index in [0.29, 0.717) is 56.4 Å². The van der Waals surface area contributed by atoms with Crippen LogP contribution in [0.1, 0.15) is 118 Å². The van der Waals surface area contributed by atoms with Crippen LogP contribution in [0.15, 0.2) is 103 Å². The number of carbonyl (C=O) groups is 1. The molecule has 3 unspecified atom stereocenters. The largest absolute Gasteiger partial charge is 0.463 e. The molecule has 7 rings (SSSR count). The molecular formula is C55H78O5P+. The summed E-state index contributed by atoms with van der Waals surface area (Å²) < 4.78 is 23.7. The summed E-state index contributed by atoms with van der Waals surface area (Å²) in [4.78, 5) is 12.8. The molecule has 4 aliphatic rings. The van der Waals surface area contributed by atoms with Crippen molar-refractivity contribution in [1.82, 2.24) is 0 Å².